The first-order valence-electron chi connectivity index (χ1n) is 6.76. The van der Waals surface area contributed by atoms with Crippen LogP contribution in [0.4, 0.5) is 4.39 Å². The molecule has 3 N–H and O–H groups in total. The van der Waals surface area contributed by atoms with Crippen LogP contribution in [-0.4, -0.2) is 25.8 Å². The molecule has 0 spiro atoms. The highest BCUT2D eigenvalue weighted by atomic mass is 127. The molecule has 0 aromatic heterocycles. The van der Waals surface area contributed by atoms with Crippen LogP contribution < -0.4 is 15.8 Å². The number of ether oxygens (including phenoxy) is 2. The van der Waals surface area contributed by atoms with Crippen molar-refractivity contribution >= 4 is 29.9 Å². The lowest BCUT2D eigenvalue weighted by Crippen LogP contribution is -2.33. The van der Waals surface area contributed by atoms with Crippen molar-refractivity contribution in [2.24, 2.45) is 10.7 Å². The number of halogens is 2. The minimum absolute atomic E-state index is 0. The molecule has 7 heteroatoms. The van der Waals surface area contributed by atoms with Gasteiger partial charge in [0, 0.05) is 12.1 Å². The van der Waals surface area contributed by atoms with Crippen LogP contribution in [0.5, 0.6) is 5.75 Å². The average Bonchev–Trinajstić information content (AvgIpc) is 2.45. The number of hydrogen-bond donors (Lipinski definition) is 2. The Balaban J connectivity index is 0.00000242. The maximum atomic E-state index is 13.6. The summed E-state index contributed by atoms with van der Waals surface area (Å²) in [5.74, 6) is 0.774. The molecule has 0 radical (unpaired) electrons. The highest BCUT2D eigenvalue weighted by Crippen LogP contribution is 2.29. The molecule has 0 saturated heterocycles. The molecule has 2 rings (SSSR count). The van der Waals surface area contributed by atoms with Crippen LogP contribution in [0.1, 0.15) is 18.1 Å². The maximum absolute atomic E-state index is 13.6. The summed E-state index contributed by atoms with van der Waals surface area (Å²) in [7, 11) is 0. The standard InChI is InChI=1S/C15H20FN3O2.HI/c1-10(2)7-19-15(17)18-4-3-11-5-13(16)6-12-8-20-9-21-14(11)12;/h5-6H,1,3-4,7-9H2,2H3,(H3,17,18,19);1H. The number of nitrogens with one attached hydrogen (secondary N) is 1. The quantitative estimate of drug-likeness (QED) is 0.332. The minimum Gasteiger partial charge on any atom is -0.467 e. The Hall–Kier alpha value is -1.35. The fourth-order valence-electron chi connectivity index (χ4n) is 2.04. The second-order valence-corrected chi connectivity index (χ2v) is 5.00. The van der Waals surface area contributed by atoms with E-state index in [4.69, 9.17) is 15.2 Å². The third-order valence-corrected chi connectivity index (χ3v) is 2.97. The van der Waals surface area contributed by atoms with Crippen LogP contribution in [0.15, 0.2) is 29.3 Å². The zero-order valence-electron chi connectivity index (χ0n) is 12.5. The van der Waals surface area contributed by atoms with Gasteiger partial charge in [-0.05, 0) is 31.0 Å². The van der Waals surface area contributed by atoms with Gasteiger partial charge in [-0.25, -0.2) is 9.38 Å². The SMILES string of the molecule is C=C(C)CN=C(N)NCCc1cc(F)cc2c1OCOC2.I. The Morgan fingerprint density at radius 2 is 2.27 bits per heavy atom. The van der Waals surface area contributed by atoms with Crippen LogP contribution in [0.2, 0.25) is 0 Å². The molecule has 0 atom stereocenters. The number of rotatable bonds is 5. The molecule has 1 aliphatic heterocycles. The van der Waals surface area contributed by atoms with E-state index in [1.807, 2.05) is 6.92 Å². The topological polar surface area (TPSA) is 68.9 Å². The van der Waals surface area contributed by atoms with Crippen molar-refractivity contribution in [3.05, 3.63) is 41.2 Å². The van der Waals surface area contributed by atoms with Gasteiger partial charge in [0.1, 0.15) is 11.6 Å². The van der Waals surface area contributed by atoms with Gasteiger partial charge in [0.15, 0.2) is 12.8 Å². The number of fused-ring (bicyclic) bond motifs is 1. The number of guanidine groups is 1. The Kier molecular flexibility index (Phi) is 7.60. The van der Waals surface area contributed by atoms with Gasteiger partial charge in [0.05, 0.1) is 13.2 Å². The van der Waals surface area contributed by atoms with Gasteiger partial charge >= 0.3 is 0 Å². The summed E-state index contributed by atoms with van der Waals surface area (Å²) < 4.78 is 24.2. The monoisotopic (exact) mass is 421 g/mol. The minimum atomic E-state index is -0.290. The molecular formula is C15H21FIN3O2. The Morgan fingerprint density at radius 3 is 3.00 bits per heavy atom. The van der Waals surface area contributed by atoms with E-state index < -0.39 is 0 Å². The molecule has 1 aromatic carbocycles. The average molecular weight is 421 g/mol. The third-order valence-electron chi connectivity index (χ3n) is 2.97. The first kappa shape index (κ1) is 18.7. The number of hydrogen-bond acceptors (Lipinski definition) is 3. The predicted molar refractivity (Wildman–Crippen MR) is 95.1 cm³/mol. The molecule has 0 bridgehead atoms. The lowest BCUT2D eigenvalue weighted by Gasteiger charge is -2.21. The summed E-state index contributed by atoms with van der Waals surface area (Å²) in [6, 6.07) is 2.92. The number of benzene rings is 1. The third kappa shape index (κ3) is 5.45. The van der Waals surface area contributed by atoms with Crippen molar-refractivity contribution in [2.45, 2.75) is 20.0 Å². The highest BCUT2D eigenvalue weighted by molar-refractivity contribution is 14.0. The largest absolute Gasteiger partial charge is 0.467 e. The second kappa shape index (κ2) is 8.94. The molecule has 5 nitrogen and oxygen atoms in total. The molecule has 1 aliphatic rings. The smallest absolute Gasteiger partial charge is 0.189 e. The summed E-state index contributed by atoms with van der Waals surface area (Å²) in [6.45, 7) is 7.24. The van der Waals surface area contributed by atoms with E-state index in [0.29, 0.717) is 37.8 Å². The summed E-state index contributed by atoms with van der Waals surface area (Å²) in [6.07, 6.45) is 0.587. The van der Waals surface area contributed by atoms with E-state index >= 15 is 0 Å². The van der Waals surface area contributed by atoms with Gasteiger partial charge < -0.3 is 20.5 Å². The lowest BCUT2D eigenvalue weighted by molar-refractivity contribution is -0.0172. The fourth-order valence-corrected chi connectivity index (χ4v) is 2.04. The van der Waals surface area contributed by atoms with Gasteiger partial charge in [-0.1, -0.05) is 12.2 Å². The molecule has 0 unspecified atom stereocenters. The van der Waals surface area contributed by atoms with Gasteiger partial charge in [0.25, 0.3) is 0 Å². The summed E-state index contributed by atoms with van der Waals surface area (Å²) in [5, 5.41) is 2.99. The van der Waals surface area contributed by atoms with Crippen molar-refractivity contribution in [1.82, 2.24) is 5.32 Å². The van der Waals surface area contributed by atoms with Gasteiger partial charge in [-0.15, -0.1) is 24.0 Å². The van der Waals surface area contributed by atoms with E-state index in [9.17, 15) is 4.39 Å². The number of nitrogens with two attached hydrogens (primary N) is 1. The van der Waals surface area contributed by atoms with E-state index in [1.165, 1.54) is 12.1 Å². The molecule has 122 valence electrons. The Bertz CT molecular complexity index is 564. The highest BCUT2D eigenvalue weighted by Gasteiger charge is 2.16. The normalized spacial score (nSPS) is 13.6. The van der Waals surface area contributed by atoms with E-state index in [-0.39, 0.29) is 36.6 Å². The van der Waals surface area contributed by atoms with Crippen molar-refractivity contribution in [3.8, 4) is 5.75 Å². The Morgan fingerprint density at radius 1 is 1.50 bits per heavy atom. The molecule has 0 fully saturated rings. The van der Waals surface area contributed by atoms with E-state index in [1.54, 1.807) is 0 Å². The molecule has 22 heavy (non-hydrogen) atoms. The number of nitrogens with zero attached hydrogens (tertiary/aromatic N) is 1. The fraction of sp³-hybridized carbons (Fsp3) is 0.400. The van der Waals surface area contributed by atoms with Crippen LogP contribution in [0.25, 0.3) is 0 Å². The van der Waals surface area contributed by atoms with Crippen LogP contribution in [0.3, 0.4) is 0 Å². The first-order chi connectivity index (χ1) is 10.1. The van der Waals surface area contributed by atoms with Crippen molar-refractivity contribution < 1.29 is 13.9 Å². The van der Waals surface area contributed by atoms with E-state index in [0.717, 1.165) is 16.7 Å². The lowest BCUT2D eigenvalue weighted by atomic mass is 10.1. The van der Waals surface area contributed by atoms with Crippen molar-refractivity contribution in [1.29, 1.82) is 0 Å². The van der Waals surface area contributed by atoms with E-state index in [2.05, 4.69) is 16.9 Å². The zero-order chi connectivity index (χ0) is 15.2. The zero-order valence-corrected chi connectivity index (χ0v) is 14.9. The molecule has 1 aromatic rings. The van der Waals surface area contributed by atoms with Crippen LogP contribution >= 0.6 is 24.0 Å². The van der Waals surface area contributed by atoms with Crippen molar-refractivity contribution in [2.75, 3.05) is 19.9 Å². The Labute approximate surface area is 146 Å². The van der Waals surface area contributed by atoms with Gasteiger partial charge in [-0.3, -0.25) is 0 Å². The summed E-state index contributed by atoms with van der Waals surface area (Å²) in [5.41, 5.74) is 8.20. The molecule has 1 heterocycles. The molecule has 0 saturated carbocycles. The van der Waals surface area contributed by atoms with Crippen molar-refractivity contribution in [3.63, 3.8) is 0 Å². The summed E-state index contributed by atoms with van der Waals surface area (Å²) >= 11 is 0. The van der Waals surface area contributed by atoms with Crippen LogP contribution in [0, 0.1) is 5.82 Å². The molecule has 0 amide bonds. The first-order valence-corrected chi connectivity index (χ1v) is 6.76. The van der Waals surface area contributed by atoms with Gasteiger partial charge in [-0.2, -0.15) is 0 Å². The summed E-state index contributed by atoms with van der Waals surface area (Å²) in [4.78, 5) is 4.12. The predicted octanol–water partition coefficient (Wildman–Crippen LogP) is 2.33. The van der Waals surface area contributed by atoms with Crippen LogP contribution in [-0.2, 0) is 17.8 Å². The molecular weight excluding hydrogens is 400 g/mol. The maximum Gasteiger partial charge on any atom is 0.189 e. The second-order valence-electron chi connectivity index (χ2n) is 5.00. The van der Waals surface area contributed by atoms with Gasteiger partial charge in [0.2, 0.25) is 0 Å². The number of aliphatic imine (C=N–C) groups is 1. The molecule has 0 aliphatic carbocycles.